The first-order chi connectivity index (χ1) is 9.11. The molecular formula is C13H16N2O4. The van der Waals surface area contributed by atoms with Crippen LogP contribution in [0, 0.1) is 10.1 Å². The van der Waals surface area contributed by atoms with Crippen LogP contribution in [0.3, 0.4) is 0 Å². The normalized spacial score (nSPS) is 15.4. The maximum atomic E-state index is 11.6. The largest absolute Gasteiger partial charge is 0.465 e. The van der Waals surface area contributed by atoms with Gasteiger partial charge < -0.3 is 4.74 Å². The highest BCUT2D eigenvalue weighted by Gasteiger charge is 2.22. The van der Waals surface area contributed by atoms with Crippen LogP contribution < -0.4 is 0 Å². The molecule has 0 saturated carbocycles. The third-order valence-corrected chi connectivity index (χ3v) is 3.27. The highest BCUT2D eigenvalue weighted by molar-refractivity contribution is 5.94. The molecule has 1 aliphatic heterocycles. The van der Waals surface area contributed by atoms with Gasteiger partial charge in [-0.2, -0.15) is 0 Å². The molecule has 102 valence electrons. The summed E-state index contributed by atoms with van der Waals surface area (Å²) in [6, 6.07) is 4.63. The lowest BCUT2D eigenvalue weighted by atomic mass is 10.1. The summed E-state index contributed by atoms with van der Waals surface area (Å²) in [5.74, 6) is -0.671. The van der Waals surface area contributed by atoms with Gasteiger partial charge in [0.2, 0.25) is 0 Å². The number of nitro groups is 1. The van der Waals surface area contributed by atoms with Crippen molar-refractivity contribution in [3.05, 3.63) is 39.4 Å². The van der Waals surface area contributed by atoms with Crippen LogP contribution in [0.25, 0.3) is 0 Å². The van der Waals surface area contributed by atoms with Crippen molar-refractivity contribution in [3.8, 4) is 0 Å². The highest BCUT2D eigenvalue weighted by atomic mass is 16.6. The predicted octanol–water partition coefficient (Wildman–Crippen LogP) is 1.98. The van der Waals surface area contributed by atoms with E-state index in [0.717, 1.165) is 18.7 Å². The molecule has 1 heterocycles. The number of hydrogen-bond acceptors (Lipinski definition) is 5. The van der Waals surface area contributed by atoms with Crippen molar-refractivity contribution in [2.45, 2.75) is 19.4 Å². The molecule has 19 heavy (non-hydrogen) atoms. The average Bonchev–Trinajstić information content (AvgIpc) is 2.90. The third kappa shape index (κ3) is 3.08. The zero-order valence-corrected chi connectivity index (χ0v) is 10.8. The van der Waals surface area contributed by atoms with Gasteiger partial charge in [0, 0.05) is 12.6 Å². The lowest BCUT2D eigenvalue weighted by Gasteiger charge is -2.14. The number of nitrogens with zero attached hydrogens (tertiary/aromatic N) is 2. The molecule has 0 aliphatic carbocycles. The topological polar surface area (TPSA) is 72.7 Å². The molecule has 1 aliphatic rings. The Morgan fingerprint density at radius 1 is 1.42 bits per heavy atom. The molecule has 1 aromatic rings. The highest BCUT2D eigenvalue weighted by Crippen LogP contribution is 2.22. The molecule has 6 heteroatoms. The number of carbonyl (C=O) groups is 1. The SMILES string of the molecule is COC(=O)c1cc(CN2CCCC2)ccc1[N+](=O)[O-]. The molecule has 2 rings (SSSR count). The van der Waals surface area contributed by atoms with Gasteiger partial charge in [0.1, 0.15) is 5.56 Å². The first kappa shape index (κ1) is 13.5. The molecule has 0 atom stereocenters. The van der Waals surface area contributed by atoms with Crippen molar-refractivity contribution in [1.82, 2.24) is 4.90 Å². The number of benzene rings is 1. The van der Waals surface area contributed by atoms with Crippen LogP contribution in [0.15, 0.2) is 18.2 Å². The van der Waals surface area contributed by atoms with E-state index in [-0.39, 0.29) is 11.3 Å². The number of methoxy groups -OCH3 is 1. The van der Waals surface area contributed by atoms with Crippen molar-refractivity contribution in [3.63, 3.8) is 0 Å². The summed E-state index contributed by atoms with van der Waals surface area (Å²) in [7, 11) is 1.22. The van der Waals surface area contributed by atoms with Gasteiger partial charge in [0.15, 0.2) is 0 Å². The van der Waals surface area contributed by atoms with Crippen molar-refractivity contribution >= 4 is 11.7 Å². The zero-order chi connectivity index (χ0) is 13.8. The first-order valence-corrected chi connectivity index (χ1v) is 6.20. The molecule has 6 nitrogen and oxygen atoms in total. The molecule has 0 N–H and O–H groups in total. The van der Waals surface area contributed by atoms with Crippen LogP contribution >= 0.6 is 0 Å². The Morgan fingerprint density at radius 2 is 2.11 bits per heavy atom. The van der Waals surface area contributed by atoms with Gasteiger partial charge >= 0.3 is 5.97 Å². The van der Waals surface area contributed by atoms with E-state index in [2.05, 4.69) is 9.64 Å². The van der Waals surface area contributed by atoms with Crippen LogP contribution in [0.4, 0.5) is 5.69 Å². The molecule has 0 amide bonds. The van der Waals surface area contributed by atoms with Crippen LogP contribution in [-0.4, -0.2) is 36.0 Å². The molecule has 0 bridgehead atoms. The van der Waals surface area contributed by atoms with Gasteiger partial charge in [-0.15, -0.1) is 0 Å². The maximum absolute atomic E-state index is 11.6. The lowest BCUT2D eigenvalue weighted by molar-refractivity contribution is -0.385. The van der Waals surface area contributed by atoms with Crippen molar-refractivity contribution in [2.75, 3.05) is 20.2 Å². The Bertz CT molecular complexity index is 495. The standard InChI is InChI=1S/C13H16N2O4/c1-19-13(16)11-8-10(4-5-12(11)15(17)18)9-14-6-2-3-7-14/h4-5,8H,2-3,6-7,9H2,1H3. The second-order valence-corrected chi connectivity index (χ2v) is 4.58. The summed E-state index contributed by atoms with van der Waals surface area (Å²) in [6.07, 6.45) is 2.35. The second kappa shape index (κ2) is 5.79. The second-order valence-electron chi connectivity index (χ2n) is 4.58. The smallest absolute Gasteiger partial charge is 0.344 e. The van der Waals surface area contributed by atoms with Crippen molar-refractivity contribution < 1.29 is 14.5 Å². The van der Waals surface area contributed by atoms with Crippen molar-refractivity contribution in [2.24, 2.45) is 0 Å². The Hall–Kier alpha value is -1.95. The number of carbonyl (C=O) groups excluding carboxylic acids is 1. The molecule has 1 fully saturated rings. The summed E-state index contributed by atoms with van der Waals surface area (Å²) >= 11 is 0. The fourth-order valence-electron chi connectivity index (χ4n) is 2.31. The number of hydrogen-bond donors (Lipinski definition) is 0. The molecule has 1 saturated heterocycles. The van der Waals surface area contributed by atoms with Crippen LogP contribution in [-0.2, 0) is 11.3 Å². The number of rotatable bonds is 4. The summed E-state index contributed by atoms with van der Waals surface area (Å²) in [6.45, 7) is 2.77. The van der Waals surface area contributed by atoms with E-state index in [1.54, 1.807) is 12.1 Å². The monoisotopic (exact) mass is 264 g/mol. The van der Waals surface area contributed by atoms with Gasteiger partial charge in [0.05, 0.1) is 12.0 Å². The summed E-state index contributed by atoms with van der Waals surface area (Å²) in [4.78, 5) is 24.2. The number of esters is 1. The van der Waals surface area contributed by atoms with Crippen LogP contribution in [0.2, 0.25) is 0 Å². The molecule has 0 unspecified atom stereocenters. The minimum atomic E-state index is -0.671. The van der Waals surface area contributed by atoms with E-state index in [1.807, 2.05) is 0 Å². The van der Waals surface area contributed by atoms with E-state index in [0.29, 0.717) is 6.54 Å². The quantitative estimate of drug-likeness (QED) is 0.472. The van der Waals surface area contributed by atoms with Gasteiger partial charge in [0.25, 0.3) is 5.69 Å². The maximum Gasteiger partial charge on any atom is 0.344 e. The van der Waals surface area contributed by atoms with E-state index < -0.39 is 10.9 Å². The third-order valence-electron chi connectivity index (χ3n) is 3.27. The minimum Gasteiger partial charge on any atom is -0.465 e. The summed E-state index contributed by atoms with van der Waals surface area (Å²) < 4.78 is 4.60. The van der Waals surface area contributed by atoms with Crippen LogP contribution in [0.1, 0.15) is 28.8 Å². The summed E-state index contributed by atoms with van der Waals surface area (Å²) in [5.41, 5.74) is 0.703. The predicted molar refractivity (Wildman–Crippen MR) is 68.9 cm³/mol. The average molecular weight is 264 g/mol. The number of ether oxygens (including phenoxy) is 1. The van der Waals surface area contributed by atoms with E-state index in [4.69, 9.17) is 0 Å². The molecule has 0 aromatic heterocycles. The molecular weight excluding hydrogens is 248 g/mol. The Morgan fingerprint density at radius 3 is 2.68 bits per heavy atom. The fourth-order valence-corrected chi connectivity index (χ4v) is 2.31. The van der Waals surface area contributed by atoms with E-state index in [9.17, 15) is 14.9 Å². The molecule has 0 radical (unpaired) electrons. The fraction of sp³-hybridized carbons (Fsp3) is 0.462. The Balaban J connectivity index is 2.26. The van der Waals surface area contributed by atoms with Crippen LogP contribution in [0.5, 0.6) is 0 Å². The van der Waals surface area contributed by atoms with Gasteiger partial charge in [-0.05, 0) is 37.6 Å². The van der Waals surface area contributed by atoms with E-state index >= 15 is 0 Å². The van der Waals surface area contributed by atoms with Gasteiger partial charge in [-0.3, -0.25) is 15.0 Å². The van der Waals surface area contributed by atoms with Gasteiger partial charge in [-0.1, -0.05) is 6.07 Å². The van der Waals surface area contributed by atoms with E-state index in [1.165, 1.54) is 26.0 Å². The zero-order valence-electron chi connectivity index (χ0n) is 10.8. The summed E-state index contributed by atoms with van der Waals surface area (Å²) in [5, 5.41) is 10.9. The number of likely N-dealkylation sites (tertiary alicyclic amines) is 1. The Kier molecular flexibility index (Phi) is 4.11. The Labute approximate surface area is 111 Å². The molecule has 1 aromatic carbocycles. The molecule has 0 spiro atoms. The first-order valence-electron chi connectivity index (χ1n) is 6.20. The minimum absolute atomic E-state index is 0.0178. The van der Waals surface area contributed by atoms with Crippen molar-refractivity contribution in [1.29, 1.82) is 0 Å². The lowest BCUT2D eigenvalue weighted by Crippen LogP contribution is -2.18. The number of nitro benzene ring substituents is 1. The van der Waals surface area contributed by atoms with Gasteiger partial charge in [-0.25, -0.2) is 4.79 Å².